The fourth-order valence-corrected chi connectivity index (χ4v) is 5.60. The number of nitrogens with one attached hydrogen (secondary N) is 3. The van der Waals surface area contributed by atoms with Crippen LogP contribution in [0.3, 0.4) is 0 Å². The molecule has 29 heavy (non-hydrogen) atoms. The SMILES string of the molecule is O=C(O)CCCCCCCCCCNC(=O)CCCCC1SCC2NC(=O)NC21. The minimum atomic E-state index is -0.699. The Hall–Kier alpha value is -1.44. The number of hydrogen-bond donors (Lipinski definition) is 4. The van der Waals surface area contributed by atoms with Crippen LogP contribution in [-0.2, 0) is 9.59 Å². The molecule has 2 aliphatic heterocycles. The third-order valence-electron chi connectivity index (χ3n) is 5.72. The predicted octanol–water partition coefficient (Wildman–Crippen LogP) is 3.42. The van der Waals surface area contributed by atoms with Gasteiger partial charge in [0.2, 0.25) is 5.91 Å². The number of fused-ring (bicyclic) bond motifs is 1. The number of rotatable bonds is 16. The normalized spacial score (nSPS) is 22.8. The minimum Gasteiger partial charge on any atom is -0.481 e. The molecular formula is C21H37N3O4S. The first-order valence-corrected chi connectivity index (χ1v) is 12.3. The number of urea groups is 1. The van der Waals surface area contributed by atoms with E-state index in [0.29, 0.717) is 11.7 Å². The zero-order valence-electron chi connectivity index (χ0n) is 17.4. The highest BCUT2D eigenvalue weighted by molar-refractivity contribution is 8.00. The molecule has 0 aromatic rings. The van der Waals surface area contributed by atoms with Gasteiger partial charge in [-0.2, -0.15) is 11.8 Å². The Bertz CT molecular complexity index is 532. The van der Waals surface area contributed by atoms with E-state index in [2.05, 4.69) is 16.0 Å². The summed E-state index contributed by atoms with van der Waals surface area (Å²) in [5, 5.41) is 18.0. The molecule has 2 fully saturated rings. The summed E-state index contributed by atoms with van der Waals surface area (Å²) in [6.45, 7) is 0.761. The zero-order chi connectivity index (χ0) is 20.9. The second kappa shape index (κ2) is 13.7. The Labute approximate surface area is 178 Å². The van der Waals surface area contributed by atoms with Crippen LogP contribution in [0, 0.1) is 0 Å². The van der Waals surface area contributed by atoms with Gasteiger partial charge in [-0.25, -0.2) is 4.79 Å². The maximum Gasteiger partial charge on any atom is 0.315 e. The van der Waals surface area contributed by atoms with Crippen LogP contribution in [0.2, 0.25) is 0 Å². The van der Waals surface area contributed by atoms with E-state index >= 15 is 0 Å². The molecule has 2 saturated heterocycles. The van der Waals surface area contributed by atoms with Gasteiger partial charge in [-0.1, -0.05) is 44.9 Å². The monoisotopic (exact) mass is 427 g/mol. The summed E-state index contributed by atoms with van der Waals surface area (Å²) < 4.78 is 0. The van der Waals surface area contributed by atoms with Crippen molar-refractivity contribution in [2.24, 2.45) is 0 Å². The average Bonchev–Trinajstić information content (AvgIpc) is 3.22. The van der Waals surface area contributed by atoms with E-state index in [9.17, 15) is 14.4 Å². The number of thioether (sulfide) groups is 1. The van der Waals surface area contributed by atoms with Gasteiger partial charge >= 0.3 is 12.0 Å². The van der Waals surface area contributed by atoms with Gasteiger partial charge in [0, 0.05) is 30.4 Å². The lowest BCUT2D eigenvalue weighted by molar-refractivity contribution is -0.137. The molecule has 0 aromatic carbocycles. The van der Waals surface area contributed by atoms with Crippen LogP contribution in [-0.4, -0.2) is 52.6 Å². The minimum absolute atomic E-state index is 0.0413. The molecule has 0 aliphatic carbocycles. The lowest BCUT2D eigenvalue weighted by Gasteiger charge is -2.16. The summed E-state index contributed by atoms with van der Waals surface area (Å²) in [6.07, 6.45) is 12.5. The Kier molecular flexibility index (Phi) is 11.3. The van der Waals surface area contributed by atoms with Crippen molar-refractivity contribution in [3.05, 3.63) is 0 Å². The second-order valence-electron chi connectivity index (χ2n) is 8.19. The van der Waals surface area contributed by atoms with Gasteiger partial charge in [-0.15, -0.1) is 0 Å². The van der Waals surface area contributed by atoms with Crippen molar-refractivity contribution in [3.8, 4) is 0 Å². The second-order valence-corrected chi connectivity index (χ2v) is 9.46. The lowest BCUT2D eigenvalue weighted by atomic mass is 10.0. The molecule has 0 radical (unpaired) electrons. The van der Waals surface area contributed by atoms with Crippen molar-refractivity contribution in [2.45, 2.75) is 101 Å². The Morgan fingerprint density at radius 1 is 0.931 bits per heavy atom. The number of carbonyl (C=O) groups excluding carboxylic acids is 2. The zero-order valence-corrected chi connectivity index (χ0v) is 18.2. The van der Waals surface area contributed by atoms with Gasteiger partial charge in [0.25, 0.3) is 0 Å². The van der Waals surface area contributed by atoms with Crippen molar-refractivity contribution >= 4 is 29.7 Å². The quantitative estimate of drug-likeness (QED) is 0.223. The smallest absolute Gasteiger partial charge is 0.315 e. The summed E-state index contributed by atoms with van der Waals surface area (Å²) in [7, 11) is 0. The van der Waals surface area contributed by atoms with Crippen molar-refractivity contribution in [3.63, 3.8) is 0 Å². The Morgan fingerprint density at radius 3 is 2.31 bits per heavy atom. The topological polar surface area (TPSA) is 108 Å². The largest absolute Gasteiger partial charge is 0.481 e. The summed E-state index contributed by atoms with van der Waals surface area (Å²) in [4.78, 5) is 33.7. The van der Waals surface area contributed by atoms with Crippen LogP contribution >= 0.6 is 11.8 Å². The van der Waals surface area contributed by atoms with Gasteiger partial charge in [0.1, 0.15) is 0 Å². The molecular weight excluding hydrogens is 390 g/mol. The first-order valence-electron chi connectivity index (χ1n) is 11.2. The van der Waals surface area contributed by atoms with E-state index < -0.39 is 5.97 Å². The van der Waals surface area contributed by atoms with Gasteiger partial charge in [0.15, 0.2) is 0 Å². The molecule has 0 spiro atoms. The van der Waals surface area contributed by atoms with Crippen LogP contribution < -0.4 is 16.0 Å². The molecule has 4 N–H and O–H groups in total. The third kappa shape index (κ3) is 9.74. The standard InChI is InChI=1S/C21H37N3O4S/c25-18(22-14-10-6-4-2-1-3-5-7-13-19(26)27)12-9-8-11-17-20-16(15-29-17)23-21(28)24-20/h16-17,20H,1-15H2,(H,22,25)(H,26,27)(H2,23,24,28). The maximum absolute atomic E-state index is 11.9. The number of carboxylic acids is 1. The number of aliphatic carboxylic acids is 1. The molecule has 3 unspecified atom stereocenters. The fourth-order valence-electron chi connectivity index (χ4n) is 4.05. The molecule has 3 amide bonds. The Morgan fingerprint density at radius 2 is 1.59 bits per heavy atom. The Balaban J connectivity index is 1.34. The van der Waals surface area contributed by atoms with Crippen LogP contribution in [0.5, 0.6) is 0 Å². The van der Waals surface area contributed by atoms with E-state index in [1.165, 1.54) is 19.3 Å². The van der Waals surface area contributed by atoms with Crippen molar-refractivity contribution in [2.75, 3.05) is 12.3 Å². The van der Waals surface area contributed by atoms with Crippen LogP contribution in [0.15, 0.2) is 0 Å². The highest BCUT2D eigenvalue weighted by atomic mass is 32.2. The van der Waals surface area contributed by atoms with Crippen LogP contribution in [0.4, 0.5) is 4.79 Å². The summed E-state index contributed by atoms with van der Waals surface area (Å²) in [6, 6.07) is 0.490. The molecule has 3 atom stereocenters. The highest BCUT2D eigenvalue weighted by Gasteiger charge is 2.42. The number of unbranched alkanes of at least 4 members (excludes halogenated alkanes) is 8. The number of carboxylic acid groups (broad SMARTS) is 1. The fraction of sp³-hybridized carbons (Fsp3) is 0.857. The first-order chi connectivity index (χ1) is 14.1. The van der Waals surface area contributed by atoms with E-state index in [1.54, 1.807) is 0 Å². The number of amides is 3. The van der Waals surface area contributed by atoms with E-state index in [1.807, 2.05) is 11.8 Å². The lowest BCUT2D eigenvalue weighted by Crippen LogP contribution is -2.36. The van der Waals surface area contributed by atoms with E-state index in [-0.39, 0.29) is 30.4 Å². The molecule has 0 bridgehead atoms. The maximum atomic E-state index is 11.9. The molecule has 0 aromatic heterocycles. The van der Waals surface area contributed by atoms with Crippen LogP contribution in [0.1, 0.15) is 83.5 Å². The number of carbonyl (C=O) groups is 3. The highest BCUT2D eigenvalue weighted by Crippen LogP contribution is 2.33. The van der Waals surface area contributed by atoms with Gasteiger partial charge < -0.3 is 21.1 Å². The van der Waals surface area contributed by atoms with Crippen molar-refractivity contribution < 1.29 is 19.5 Å². The molecule has 2 aliphatic rings. The predicted molar refractivity (Wildman–Crippen MR) is 116 cm³/mol. The molecule has 7 nitrogen and oxygen atoms in total. The van der Waals surface area contributed by atoms with E-state index in [4.69, 9.17) is 5.11 Å². The molecule has 0 saturated carbocycles. The molecule has 166 valence electrons. The van der Waals surface area contributed by atoms with Gasteiger partial charge in [0.05, 0.1) is 12.1 Å². The number of hydrogen-bond acceptors (Lipinski definition) is 4. The average molecular weight is 428 g/mol. The summed E-state index contributed by atoms with van der Waals surface area (Å²) in [5.74, 6) is 0.435. The third-order valence-corrected chi connectivity index (χ3v) is 7.23. The van der Waals surface area contributed by atoms with Crippen molar-refractivity contribution in [1.29, 1.82) is 0 Å². The first kappa shape index (κ1) is 23.8. The molecule has 2 rings (SSSR count). The van der Waals surface area contributed by atoms with Crippen LogP contribution in [0.25, 0.3) is 0 Å². The van der Waals surface area contributed by atoms with E-state index in [0.717, 1.165) is 63.7 Å². The molecule has 8 heteroatoms. The van der Waals surface area contributed by atoms with Gasteiger partial charge in [-0.05, 0) is 25.7 Å². The summed E-state index contributed by atoms with van der Waals surface area (Å²) >= 11 is 1.92. The molecule has 2 heterocycles. The van der Waals surface area contributed by atoms with Gasteiger partial charge in [-0.3, -0.25) is 9.59 Å². The van der Waals surface area contributed by atoms with Crippen molar-refractivity contribution in [1.82, 2.24) is 16.0 Å². The summed E-state index contributed by atoms with van der Waals surface area (Å²) in [5.41, 5.74) is 0.